The zero-order valence-electron chi connectivity index (χ0n) is 12.4. The number of rotatable bonds is 3. The Kier molecular flexibility index (Phi) is 4.24. The summed E-state index contributed by atoms with van der Waals surface area (Å²) in [5.74, 6) is 0.136. The summed E-state index contributed by atoms with van der Waals surface area (Å²) in [7, 11) is 6.00. The fourth-order valence-electron chi connectivity index (χ4n) is 2.74. The zero-order valence-corrected chi connectivity index (χ0v) is 12.4. The highest BCUT2D eigenvalue weighted by Crippen LogP contribution is 2.21. The number of likely N-dealkylation sites (tertiary alicyclic amines) is 1. The van der Waals surface area contributed by atoms with Crippen molar-refractivity contribution < 1.29 is 4.79 Å². The van der Waals surface area contributed by atoms with Crippen LogP contribution in [0.3, 0.4) is 0 Å². The maximum atomic E-state index is 12.7. The molecule has 1 fully saturated rings. The first-order chi connectivity index (χ1) is 9.00. The van der Waals surface area contributed by atoms with Gasteiger partial charge in [0.2, 0.25) is 0 Å². The maximum absolute atomic E-state index is 12.7. The van der Waals surface area contributed by atoms with Crippen LogP contribution in [0.5, 0.6) is 0 Å². The molecule has 1 saturated heterocycles. The van der Waals surface area contributed by atoms with E-state index in [0.717, 1.165) is 37.2 Å². The monoisotopic (exact) mass is 264 g/mol. The minimum atomic E-state index is 0.136. The number of hydrogen-bond acceptors (Lipinski definition) is 3. The Morgan fingerprint density at radius 2 is 2.21 bits per heavy atom. The number of carbonyl (C=O) groups excluding carboxylic acids is 1. The van der Waals surface area contributed by atoms with E-state index in [4.69, 9.17) is 0 Å². The van der Waals surface area contributed by atoms with Gasteiger partial charge in [-0.3, -0.25) is 9.48 Å². The van der Waals surface area contributed by atoms with E-state index in [9.17, 15) is 4.79 Å². The van der Waals surface area contributed by atoms with Gasteiger partial charge in [-0.1, -0.05) is 0 Å². The maximum Gasteiger partial charge on any atom is 0.257 e. The van der Waals surface area contributed by atoms with Crippen molar-refractivity contribution >= 4 is 5.91 Å². The molecule has 1 aliphatic heterocycles. The van der Waals surface area contributed by atoms with Gasteiger partial charge in [0.05, 0.1) is 11.8 Å². The molecule has 1 unspecified atom stereocenters. The summed E-state index contributed by atoms with van der Waals surface area (Å²) in [4.78, 5) is 16.9. The molecule has 1 aliphatic rings. The van der Waals surface area contributed by atoms with E-state index in [2.05, 4.69) is 24.1 Å². The van der Waals surface area contributed by atoms with Crippen LogP contribution in [0.25, 0.3) is 0 Å². The number of carbonyl (C=O) groups is 1. The fourth-order valence-corrected chi connectivity index (χ4v) is 2.74. The second-order valence-electron chi connectivity index (χ2n) is 5.68. The van der Waals surface area contributed by atoms with E-state index in [1.165, 1.54) is 6.42 Å². The molecule has 1 amide bonds. The Hall–Kier alpha value is -1.36. The largest absolute Gasteiger partial charge is 0.334 e. The van der Waals surface area contributed by atoms with Crippen LogP contribution in [0.2, 0.25) is 0 Å². The molecule has 0 aromatic carbocycles. The van der Waals surface area contributed by atoms with Crippen molar-refractivity contribution in [3.05, 3.63) is 17.5 Å². The van der Waals surface area contributed by atoms with E-state index in [1.54, 1.807) is 10.9 Å². The molecule has 0 N–H and O–H groups in total. The van der Waals surface area contributed by atoms with Gasteiger partial charge in [0, 0.05) is 31.9 Å². The number of aromatic nitrogens is 2. The van der Waals surface area contributed by atoms with Gasteiger partial charge in [0.1, 0.15) is 0 Å². The van der Waals surface area contributed by atoms with Gasteiger partial charge < -0.3 is 9.80 Å². The van der Waals surface area contributed by atoms with Gasteiger partial charge >= 0.3 is 0 Å². The normalized spacial score (nSPS) is 20.1. The second kappa shape index (κ2) is 5.74. The van der Waals surface area contributed by atoms with Crippen molar-refractivity contribution in [2.24, 2.45) is 7.05 Å². The Labute approximate surface area is 115 Å². The highest BCUT2D eigenvalue weighted by molar-refractivity contribution is 5.95. The Bertz CT molecular complexity index is 452. The number of nitrogens with zero attached hydrogens (tertiary/aromatic N) is 4. The summed E-state index contributed by atoms with van der Waals surface area (Å²) in [6.45, 7) is 3.75. The summed E-state index contributed by atoms with van der Waals surface area (Å²) < 4.78 is 1.76. The SMILES string of the molecule is Cc1c(C(=O)N2CCCCC2CN(C)C)cnn1C. The van der Waals surface area contributed by atoms with Crippen LogP contribution >= 0.6 is 0 Å². The number of likely N-dealkylation sites (N-methyl/N-ethyl adjacent to an activating group) is 1. The molecule has 1 aromatic rings. The molecule has 0 aliphatic carbocycles. The molecule has 1 atom stereocenters. The van der Waals surface area contributed by atoms with E-state index in [-0.39, 0.29) is 5.91 Å². The van der Waals surface area contributed by atoms with Crippen molar-refractivity contribution in [1.82, 2.24) is 19.6 Å². The Morgan fingerprint density at radius 1 is 1.47 bits per heavy atom. The van der Waals surface area contributed by atoms with E-state index in [0.29, 0.717) is 6.04 Å². The van der Waals surface area contributed by atoms with Crippen LogP contribution in [0.4, 0.5) is 0 Å². The summed E-state index contributed by atoms with van der Waals surface area (Å²) >= 11 is 0. The van der Waals surface area contributed by atoms with Gasteiger partial charge in [-0.2, -0.15) is 5.10 Å². The summed E-state index contributed by atoms with van der Waals surface area (Å²) in [6, 6.07) is 0.329. The van der Waals surface area contributed by atoms with Crippen LogP contribution < -0.4 is 0 Å². The first-order valence-corrected chi connectivity index (χ1v) is 6.95. The number of hydrogen-bond donors (Lipinski definition) is 0. The van der Waals surface area contributed by atoms with Crippen LogP contribution in [0, 0.1) is 6.92 Å². The van der Waals surface area contributed by atoms with Gasteiger partial charge in [-0.05, 0) is 40.3 Å². The first kappa shape index (κ1) is 14.1. The third-order valence-corrected chi connectivity index (χ3v) is 3.93. The van der Waals surface area contributed by atoms with Crippen LogP contribution in [-0.4, -0.2) is 58.7 Å². The van der Waals surface area contributed by atoms with Crippen molar-refractivity contribution in [2.45, 2.75) is 32.2 Å². The molecule has 0 bridgehead atoms. The third-order valence-electron chi connectivity index (χ3n) is 3.93. The topological polar surface area (TPSA) is 41.4 Å². The third kappa shape index (κ3) is 2.97. The first-order valence-electron chi connectivity index (χ1n) is 6.95. The molecule has 2 heterocycles. The minimum Gasteiger partial charge on any atom is -0.334 e. The lowest BCUT2D eigenvalue weighted by Gasteiger charge is -2.37. The zero-order chi connectivity index (χ0) is 14.0. The summed E-state index contributed by atoms with van der Waals surface area (Å²) in [5, 5.41) is 4.18. The van der Waals surface area contributed by atoms with Gasteiger partial charge in [0.15, 0.2) is 0 Å². The van der Waals surface area contributed by atoms with Crippen molar-refractivity contribution in [2.75, 3.05) is 27.2 Å². The predicted molar refractivity (Wildman–Crippen MR) is 75.2 cm³/mol. The van der Waals surface area contributed by atoms with Crippen LogP contribution in [0.1, 0.15) is 35.3 Å². The van der Waals surface area contributed by atoms with Crippen LogP contribution in [-0.2, 0) is 7.05 Å². The molecule has 1 aromatic heterocycles. The smallest absolute Gasteiger partial charge is 0.257 e. The summed E-state index contributed by atoms with van der Waals surface area (Å²) in [5.41, 5.74) is 1.69. The lowest BCUT2D eigenvalue weighted by Crippen LogP contribution is -2.48. The molecule has 2 rings (SSSR count). The average molecular weight is 264 g/mol. The number of piperidine rings is 1. The van der Waals surface area contributed by atoms with Gasteiger partial charge in [-0.15, -0.1) is 0 Å². The molecule has 0 spiro atoms. The van der Waals surface area contributed by atoms with Crippen LogP contribution in [0.15, 0.2) is 6.20 Å². The number of amides is 1. The highest BCUT2D eigenvalue weighted by atomic mass is 16.2. The van der Waals surface area contributed by atoms with E-state index < -0.39 is 0 Å². The highest BCUT2D eigenvalue weighted by Gasteiger charge is 2.29. The minimum absolute atomic E-state index is 0.136. The van der Waals surface area contributed by atoms with Gasteiger partial charge in [0.25, 0.3) is 5.91 Å². The lowest BCUT2D eigenvalue weighted by molar-refractivity contribution is 0.0574. The molecule has 0 radical (unpaired) electrons. The Balaban J connectivity index is 2.17. The molecular weight excluding hydrogens is 240 g/mol. The predicted octanol–water partition coefficient (Wildman–Crippen LogP) is 1.28. The van der Waals surface area contributed by atoms with Crippen molar-refractivity contribution in [3.8, 4) is 0 Å². The molecule has 0 saturated carbocycles. The van der Waals surface area contributed by atoms with Crippen molar-refractivity contribution in [3.63, 3.8) is 0 Å². The second-order valence-corrected chi connectivity index (χ2v) is 5.68. The van der Waals surface area contributed by atoms with Crippen molar-refractivity contribution in [1.29, 1.82) is 0 Å². The fraction of sp³-hybridized carbons (Fsp3) is 0.714. The molecule has 5 heteroatoms. The summed E-state index contributed by atoms with van der Waals surface area (Å²) in [6.07, 6.45) is 5.12. The molecule has 5 nitrogen and oxygen atoms in total. The lowest BCUT2D eigenvalue weighted by atomic mass is 10.0. The Morgan fingerprint density at radius 3 is 2.79 bits per heavy atom. The van der Waals surface area contributed by atoms with Gasteiger partial charge in [-0.25, -0.2) is 0 Å². The average Bonchev–Trinajstić information content (AvgIpc) is 2.69. The van der Waals surface area contributed by atoms with E-state index >= 15 is 0 Å². The molecular formula is C14H24N4O. The molecule has 19 heavy (non-hydrogen) atoms. The standard InChI is InChI=1S/C14H24N4O/c1-11-13(9-15-17(11)4)14(19)18-8-6-5-7-12(18)10-16(2)3/h9,12H,5-8,10H2,1-4H3. The quantitative estimate of drug-likeness (QED) is 0.826. The molecule has 106 valence electrons. The van der Waals surface area contributed by atoms with E-state index in [1.807, 2.05) is 18.9 Å². The number of aryl methyl sites for hydroxylation is 1.